The summed E-state index contributed by atoms with van der Waals surface area (Å²) in [7, 11) is 0. The van der Waals surface area contributed by atoms with Gasteiger partial charge in [-0.2, -0.15) is 4.98 Å². The number of urea groups is 1. The van der Waals surface area contributed by atoms with Crippen molar-refractivity contribution in [3.63, 3.8) is 0 Å². The van der Waals surface area contributed by atoms with Crippen LogP contribution in [0.25, 0.3) is 17.0 Å². The first-order chi connectivity index (χ1) is 16.0. The molecule has 3 aromatic carbocycles. The van der Waals surface area contributed by atoms with Crippen molar-refractivity contribution in [2.75, 3.05) is 4.90 Å². The zero-order chi connectivity index (χ0) is 22.9. The minimum absolute atomic E-state index is 0.291. The Hall–Kier alpha value is -4.26. The predicted octanol–water partition coefficient (Wildman–Crippen LogP) is 5.89. The Morgan fingerprint density at radius 2 is 1.76 bits per heavy atom. The van der Waals surface area contributed by atoms with Crippen LogP contribution in [-0.2, 0) is 0 Å². The number of carbonyl (C=O) groups excluding carboxylic acids is 1. The van der Waals surface area contributed by atoms with Gasteiger partial charge in [0.15, 0.2) is 0 Å². The molecular weight excluding hydrogens is 419 g/mol. The highest BCUT2D eigenvalue weighted by Crippen LogP contribution is 2.39. The molecule has 0 saturated heterocycles. The first-order valence-electron chi connectivity index (χ1n) is 10.5. The van der Waals surface area contributed by atoms with Gasteiger partial charge < -0.3 is 9.84 Å². The van der Waals surface area contributed by atoms with Crippen molar-refractivity contribution < 1.29 is 13.7 Å². The molecule has 0 radical (unpaired) electrons. The Labute approximate surface area is 190 Å². The number of nitrogens with one attached hydrogen (secondary N) is 1. The van der Waals surface area contributed by atoms with Crippen molar-refractivity contribution >= 4 is 17.3 Å². The van der Waals surface area contributed by atoms with Gasteiger partial charge in [-0.3, -0.25) is 4.90 Å². The van der Waals surface area contributed by atoms with E-state index in [2.05, 4.69) is 15.5 Å². The Morgan fingerprint density at radius 1 is 0.970 bits per heavy atom. The number of aromatic nitrogens is 2. The number of benzene rings is 3. The van der Waals surface area contributed by atoms with Crippen molar-refractivity contribution in [3.8, 4) is 11.4 Å². The largest absolute Gasteiger partial charge is 0.334 e. The zero-order valence-electron chi connectivity index (χ0n) is 18.1. The fraction of sp³-hybridized carbons (Fsp3) is 0.115. The minimum atomic E-state index is -0.505. The quantitative estimate of drug-likeness (QED) is 0.430. The molecule has 1 N–H and O–H groups in total. The molecule has 5 rings (SSSR count). The molecule has 2 amide bonds. The van der Waals surface area contributed by atoms with Gasteiger partial charge >= 0.3 is 6.03 Å². The van der Waals surface area contributed by atoms with Gasteiger partial charge in [0.2, 0.25) is 5.82 Å². The summed E-state index contributed by atoms with van der Waals surface area (Å²) in [4.78, 5) is 19.2. The number of amides is 2. The van der Waals surface area contributed by atoms with Crippen LogP contribution in [0.3, 0.4) is 0 Å². The number of rotatable bonds is 4. The lowest BCUT2D eigenvalue weighted by Gasteiger charge is -2.35. The second-order valence-corrected chi connectivity index (χ2v) is 7.90. The van der Waals surface area contributed by atoms with Crippen molar-refractivity contribution in [1.82, 2.24) is 15.5 Å². The molecule has 0 spiro atoms. The molecule has 1 unspecified atom stereocenters. The lowest BCUT2D eigenvalue weighted by atomic mass is 9.94. The highest BCUT2D eigenvalue weighted by Gasteiger charge is 2.36. The van der Waals surface area contributed by atoms with Crippen LogP contribution in [0, 0.1) is 12.7 Å². The lowest BCUT2D eigenvalue weighted by molar-refractivity contribution is 0.244. The van der Waals surface area contributed by atoms with Crippen LogP contribution >= 0.6 is 0 Å². The summed E-state index contributed by atoms with van der Waals surface area (Å²) < 4.78 is 19.6. The van der Waals surface area contributed by atoms with Crippen LogP contribution < -0.4 is 10.2 Å². The third-order valence-corrected chi connectivity index (χ3v) is 5.62. The Morgan fingerprint density at radius 3 is 2.52 bits per heavy atom. The summed E-state index contributed by atoms with van der Waals surface area (Å²) in [5, 5.41) is 7.20. The van der Waals surface area contributed by atoms with Crippen LogP contribution in [0.5, 0.6) is 0 Å². The summed E-state index contributed by atoms with van der Waals surface area (Å²) in [6.07, 6.45) is 0. The van der Waals surface area contributed by atoms with Gasteiger partial charge in [-0.1, -0.05) is 65.3 Å². The minimum Gasteiger partial charge on any atom is -0.334 e. The molecule has 0 aliphatic carbocycles. The first-order valence-corrected chi connectivity index (χ1v) is 10.5. The Bertz CT molecular complexity index is 1360. The third kappa shape index (κ3) is 3.89. The fourth-order valence-electron chi connectivity index (χ4n) is 4.08. The molecule has 1 aliphatic rings. The van der Waals surface area contributed by atoms with Crippen molar-refractivity contribution in [3.05, 3.63) is 107 Å². The van der Waals surface area contributed by atoms with Crippen LogP contribution in [0.4, 0.5) is 14.9 Å². The number of anilines is 1. The van der Waals surface area contributed by atoms with E-state index in [1.54, 1.807) is 19.1 Å². The van der Waals surface area contributed by atoms with Crippen molar-refractivity contribution in [1.29, 1.82) is 0 Å². The van der Waals surface area contributed by atoms with Gasteiger partial charge in [-0.05, 0) is 43.7 Å². The third-order valence-electron chi connectivity index (χ3n) is 5.62. The van der Waals surface area contributed by atoms with Gasteiger partial charge in [0.05, 0.1) is 17.3 Å². The second-order valence-electron chi connectivity index (χ2n) is 7.90. The number of nitrogens with zero attached hydrogens (tertiary/aromatic N) is 3. The van der Waals surface area contributed by atoms with E-state index >= 15 is 0 Å². The van der Waals surface area contributed by atoms with E-state index in [0.717, 1.165) is 16.7 Å². The molecule has 0 bridgehead atoms. The molecule has 2 heterocycles. The van der Waals surface area contributed by atoms with Gasteiger partial charge in [0, 0.05) is 11.3 Å². The normalized spacial score (nSPS) is 16.2. The molecule has 1 aromatic heterocycles. The number of hydrogen-bond donors (Lipinski definition) is 1. The molecular formula is C26H21FN4O2. The number of aryl methyl sites for hydroxylation is 1. The van der Waals surface area contributed by atoms with E-state index in [0.29, 0.717) is 28.7 Å². The van der Waals surface area contributed by atoms with E-state index in [4.69, 9.17) is 4.52 Å². The first kappa shape index (κ1) is 20.6. The fourth-order valence-corrected chi connectivity index (χ4v) is 4.08. The van der Waals surface area contributed by atoms with Gasteiger partial charge in [0.1, 0.15) is 5.82 Å². The number of hydrogen-bond acceptors (Lipinski definition) is 4. The standard InChI is InChI=1S/C26H21FN4O2/c1-16-8-6-11-19(14-16)24-29-25(33-30-24)22-17(2)31(21-13-7-12-20(27)15-21)26(32)28-23(22)18-9-4-3-5-10-18/h3-15,23H,1-2H3,(H,28,32). The van der Waals surface area contributed by atoms with Crippen molar-refractivity contribution in [2.45, 2.75) is 19.9 Å². The average molecular weight is 440 g/mol. The van der Waals surface area contributed by atoms with Crippen LogP contribution in [0.1, 0.15) is 30.0 Å². The molecule has 1 aliphatic heterocycles. The summed E-state index contributed by atoms with van der Waals surface area (Å²) in [5.74, 6) is 0.314. The van der Waals surface area contributed by atoms with E-state index in [9.17, 15) is 9.18 Å². The molecule has 7 heteroatoms. The van der Waals surface area contributed by atoms with E-state index in [1.807, 2.05) is 61.5 Å². The lowest BCUT2D eigenvalue weighted by Crippen LogP contribution is -2.46. The van der Waals surface area contributed by atoms with Crippen LogP contribution in [0.15, 0.2) is 89.1 Å². The second kappa shape index (κ2) is 8.35. The van der Waals surface area contributed by atoms with Gasteiger partial charge in [-0.15, -0.1) is 0 Å². The maximum atomic E-state index is 13.9. The summed E-state index contributed by atoms with van der Waals surface area (Å²) in [5.41, 5.74) is 4.43. The van der Waals surface area contributed by atoms with Gasteiger partial charge in [-0.25, -0.2) is 9.18 Å². The van der Waals surface area contributed by atoms with E-state index in [1.165, 1.54) is 17.0 Å². The molecule has 0 saturated carbocycles. The maximum Gasteiger partial charge on any atom is 0.327 e. The Balaban J connectivity index is 1.66. The maximum absolute atomic E-state index is 13.9. The highest BCUT2D eigenvalue weighted by atomic mass is 19.1. The summed E-state index contributed by atoms with van der Waals surface area (Å²) in [6.45, 7) is 3.79. The van der Waals surface area contributed by atoms with E-state index < -0.39 is 11.9 Å². The smallest absolute Gasteiger partial charge is 0.327 e. The number of carbonyl (C=O) groups is 1. The SMILES string of the molecule is CC1=C(c2nc(-c3cccc(C)c3)no2)C(c2ccccc2)NC(=O)N1c1cccc(F)c1. The zero-order valence-corrected chi connectivity index (χ0v) is 18.1. The molecule has 1 atom stereocenters. The van der Waals surface area contributed by atoms with Gasteiger partial charge in [0.25, 0.3) is 5.89 Å². The summed E-state index contributed by atoms with van der Waals surface area (Å²) in [6, 6.07) is 22.4. The number of halogens is 1. The van der Waals surface area contributed by atoms with Crippen LogP contribution in [0.2, 0.25) is 0 Å². The summed E-state index contributed by atoms with van der Waals surface area (Å²) >= 11 is 0. The monoisotopic (exact) mass is 440 g/mol. The molecule has 6 nitrogen and oxygen atoms in total. The molecule has 4 aromatic rings. The molecule has 164 valence electrons. The Kier molecular flexibility index (Phi) is 5.22. The highest BCUT2D eigenvalue weighted by molar-refractivity contribution is 6.01. The van der Waals surface area contributed by atoms with Crippen molar-refractivity contribution in [2.24, 2.45) is 0 Å². The predicted molar refractivity (Wildman–Crippen MR) is 124 cm³/mol. The van der Waals surface area contributed by atoms with Crippen LogP contribution in [-0.4, -0.2) is 16.2 Å². The average Bonchev–Trinajstić information content (AvgIpc) is 3.29. The molecule has 0 fully saturated rings. The van der Waals surface area contributed by atoms with E-state index in [-0.39, 0.29) is 6.03 Å². The number of allylic oxidation sites excluding steroid dienone is 1. The molecule has 33 heavy (non-hydrogen) atoms. The topological polar surface area (TPSA) is 71.3 Å².